The van der Waals surface area contributed by atoms with Crippen LogP contribution in [0, 0.1) is 0 Å². The number of para-hydroxylation sites is 1. The van der Waals surface area contributed by atoms with Crippen LogP contribution in [0.1, 0.15) is 16.8 Å². The van der Waals surface area contributed by atoms with Crippen molar-refractivity contribution in [2.24, 2.45) is 5.10 Å². The number of aromatic amines is 1. The van der Waals surface area contributed by atoms with Crippen molar-refractivity contribution in [2.75, 3.05) is 13.7 Å². The van der Waals surface area contributed by atoms with Crippen LogP contribution in [0.3, 0.4) is 0 Å². The number of rotatable bonds is 3. The molecule has 0 aliphatic carbocycles. The Kier molecular flexibility index (Phi) is 4.20. The van der Waals surface area contributed by atoms with Gasteiger partial charge in [0.2, 0.25) is 5.91 Å². The fraction of sp³-hybridized carbons (Fsp3) is 0.227. The highest BCUT2D eigenvalue weighted by molar-refractivity contribution is 5.97. The van der Waals surface area contributed by atoms with Gasteiger partial charge in [-0.05, 0) is 35.4 Å². The summed E-state index contributed by atoms with van der Waals surface area (Å²) in [5, 5.41) is 16.3. The zero-order valence-electron chi connectivity index (χ0n) is 16.3. The average Bonchev–Trinajstić information content (AvgIpc) is 3.13. The van der Waals surface area contributed by atoms with Gasteiger partial charge in [-0.2, -0.15) is 5.10 Å². The highest BCUT2D eigenvalue weighted by Gasteiger charge is 2.43. The molecule has 8 nitrogen and oxygen atoms in total. The van der Waals surface area contributed by atoms with Crippen LogP contribution in [0.4, 0.5) is 0 Å². The van der Waals surface area contributed by atoms with Crippen molar-refractivity contribution >= 4 is 28.9 Å². The summed E-state index contributed by atoms with van der Waals surface area (Å²) < 4.78 is 5.09. The molecule has 0 bridgehead atoms. The SMILES string of the molecule is COc1cc(/C=N/N2CC(=O)N3Cc4[nH]c5ccccc5c4C[C@@H]3C2=O)ccc1O. The Bertz CT molecular complexity index is 1200. The van der Waals surface area contributed by atoms with E-state index in [4.69, 9.17) is 4.74 Å². The summed E-state index contributed by atoms with van der Waals surface area (Å²) >= 11 is 0. The number of fused-ring (bicyclic) bond motifs is 4. The van der Waals surface area contributed by atoms with Crippen molar-refractivity contribution in [2.45, 2.75) is 19.0 Å². The first-order chi connectivity index (χ1) is 14.5. The number of piperazine rings is 1. The van der Waals surface area contributed by atoms with E-state index in [9.17, 15) is 14.7 Å². The summed E-state index contributed by atoms with van der Waals surface area (Å²) in [5.74, 6) is -0.00607. The van der Waals surface area contributed by atoms with Crippen LogP contribution in [0.15, 0.2) is 47.6 Å². The monoisotopic (exact) mass is 404 g/mol. The molecule has 2 amide bonds. The number of carbonyl (C=O) groups is 2. The maximum Gasteiger partial charge on any atom is 0.266 e. The van der Waals surface area contributed by atoms with Gasteiger partial charge in [0, 0.05) is 23.0 Å². The minimum absolute atomic E-state index is 0.0197. The number of ether oxygens (including phenoxy) is 1. The second-order valence-corrected chi connectivity index (χ2v) is 7.44. The number of phenols is 1. The Hall–Kier alpha value is -3.81. The molecule has 30 heavy (non-hydrogen) atoms. The standard InChI is InChI=1S/C22H20N4O4/c1-30-20-8-13(6-7-19(20)27)10-23-26-12-21(28)25-11-17-15(9-18(25)22(26)29)14-4-2-3-5-16(14)24-17/h2-8,10,18,24,27H,9,11-12H2,1H3/b23-10+/t18-/m1/s1. The second kappa shape index (κ2) is 6.91. The van der Waals surface area contributed by atoms with Gasteiger partial charge < -0.3 is 19.7 Å². The van der Waals surface area contributed by atoms with E-state index in [-0.39, 0.29) is 24.1 Å². The number of nitrogens with one attached hydrogen (secondary N) is 1. The fourth-order valence-corrected chi connectivity index (χ4v) is 4.17. The Labute approximate surface area is 172 Å². The molecule has 2 aromatic carbocycles. The van der Waals surface area contributed by atoms with Crippen molar-refractivity contribution in [1.82, 2.24) is 14.9 Å². The van der Waals surface area contributed by atoms with Gasteiger partial charge in [-0.15, -0.1) is 0 Å². The van der Waals surface area contributed by atoms with Crippen molar-refractivity contribution in [3.05, 3.63) is 59.3 Å². The second-order valence-electron chi connectivity index (χ2n) is 7.44. The number of H-pyrrole nitrogens is 1. The molecule has 0 unspecified atom stereocenters. The van der Waals surface area contributed by atoms with Crippen molar-refractivity contribution in [3.8, 4) is 11.5 Å². The number of carbonyl (C=O) groups excluding carboxylic acids is 2. The fourth-order valence-electron chi connectivity index (χ4n) is 4.17. The van der Waals surface area contributed by atoms with Gasteiger partial charge >= 0.3 is 0 Å². The zero-order chi connectivity index (χ0) is 20.8. The van der Waals surface area contributed by atoms with Crippen LogP contribution in [-0.2, 0) is 22.6 Å². The van der Waals surface area contributed by atoms with E-state index < -0.39 is 6.04 Å². The maximum atomic E-state index is 13.1. The molecule has 5 rings (SSSR count). The number of phenolic OH excluding ortho intramolecular Hbond substituents is 1. The molecule has 0 spiro atoms. The molecular weight excluding hydrogens is 384 g/mol. The third kappa shape index (κ3) is 2.88. The van der Waals surface area contributed by atoms with Gasteiger partial charge in [0.15, 0.2) is 11.5 Å². The minimum Gasteiger partial charge on any atom is -0.504 e. The Balaban J connectivity index is 1.42. The number of hydrogen-bond acceptors (Lipinski definition) is 5. The van der Waals surface area contributed by atoms with Gasteiger partial charge in [-0.25, -0.2) is 5.01 Å². The number of aromatic hydroxyl groups is 1. The lowest BCUT2D eigenvalue weighted by Gasteiger charge is -2.40. The molecule has 1 saturated heterocycles. The van der Waals surface area contributed by atoms with E-state index in [2.05, 4.69) is 10.1 Å². The third-order valence-electron chi connectivity index (χ3n) is 5.70. The Morgan fingerprint density at radius 1 is 1.20 bits per heavy atom. The lowest BCUT2D eigenvalue weighted by atomic mass is 9.94. The molecule has 1 fully saturated rings. The Morgan fingerprint density at radius 2 is 2.03 bits per heavy atom. The highest BCUT2D eigenvalue weighted by Crippen LogP contribution is 2.32. The summed E-state index contributed by atoms with van der Waals surface area (Å²) in [6.45, 7) is 0.294. The molecule has 152 valence electrons. The molecule has 2 N–H and O–H groups in total. The van der Waals surface area contributed by atoms with E-state index in [0.717, 1.165) is 22.2 Å². The number of hydrogen-bond donors (Lipinski definition) is 2. The van der Waals surface area contributed by atoms with Crippen molar-refractivity contribution in [1.29, 1.82) is 0 Å². The zero-order valence-corrected chi connectivity index (χ0v) is 16.3. The van der Waals surface area contributed by atoms with Gasteiger partial charge in [0.05, 0.1) is 19.9 Å². The summed E-state index contributed by atoms with van der Waals surface area (Å²) in [4.78, 5) is 30.9. The average molecular weight is 404 g/mol. The number of benzene rings is 2. The molecule has 0 saturated carbocycles. The first kappa shape index (κ1) is 18.2. The van der Waals surface area contributed by atoms with Gasteiger partial charge in [-0.1, -0.05) is 18.2 Å². The molecule has 1 atom stereocenters. The van der Waals surface area contributed by atoms with Crippen LogP contribution in [0.5, 0.6) is 11.5 Å². The molecule has 3 heterocycles. The van der Waals surface area contributed by atoms with E-state index in [0.29, 0.717) is 24.3 Å². The first-order valence-corrected chi connectivity index (χ1v) is 9.65. The van der Waals surface area contributed by atoms with E-state index in [1.165, 1.54) is 24.4 Å². The Morgan fingerprint density at radius 3 is 2.87 bits per heavy atom. The van der Waals surface area contributed by atoms with Crippen molar-refractivity contribution in [3.63, 3.8) is 0 Å². The molecule has 3 aromatic rings. The molecule has 8 heteroatoms. The molecule has 0 radical (unpaired) electrons. The smallest absolute Gasteiger partial charge is 0.266 e. The normalized spacial score (nSPS) is 18.8. The number of aromatic nitrogens is 1. The predicted molar refractivity (Wildman–Crippen MR) is 110 cm³/mol. The summed E-state index contributed by atoms with van der Waals surface area (Å²) in [6.07, 6.45) is 1.95. The van der Waals surface area contributed by atoms with Gasteiger partial charge in [-0.3, -0.25) is 9.59 Å². The quantitative estimate of drug-likeness (QED) is 0.653. The maximum absolute atomic E-state index is 13.1. The molecular formula is C22H20N4O4. The molecule has 2 aliphatic heterocycles. The van der Waals surface area contributed by atoms with Gasteiger partial charge in [0.1, 0.15) is 12.6 Å². The van der Waals surface area contributed by atoms with E-state index in [1.807, 2.05) is 24.3 Å². The summed E-state index contributed by atoms with van der Waals surface area (Å²) in [6, 6.07) is 12.2. The van der Waals surface area contributed by atoms with E-state index >= 15 is 0 Å². The summed E-state index contributed by atoms with van der Waals surface area (Å²) in [7, 11) is 1.46. The topological polar surface area (TPSA) is 98.2 Å². The minimum atomic E-state index is -0.565. The van der Waals surface area contributed by atoms with Crippen LogP contribution < -0.4 is 4.74 Å². The number of nitrogens with zero attached hydrogens (tertiary/aromatic N) is 3. The van der Waals surface area contributed by atoms with Crippen LogP contribution in [-0.4, -0.2) is 57.7 Å². The lowest BCUT2D eigenvalue weighted by molar-refractivity contribution is -0.157. The van der Waals surface area contributed by atoms with Crippen LogP contribution in [0.2, 0.25) is 0 Å². The first-order valence-electron chi connectivity index (χ1n) is 9.65. The summed E-state index contributed by atoms with van der Waals surface area (Å²) in [5.41, 5.74) is 3.73. The number of amides is 2. The van der Waals surface area contributed by atoms with Gasteiger partial charge in [0.25, 0.3) is 5.91 Å². The van der Waals surface area contributed by atoms with Crippen molar-refractivity contribution < 1.29 is 19.4 Å². The highest BCUT2D eigenvalue weighted by atomic mass is 16.5. The third-order valence-corrected chi connectivity index (χ3v) is 5.70. The largest absolute Gasteiger partial charge is 0.504 e. The van der Waals surface area contributed by atoms with Crippen LogP contribution >= 0.6 is 0 Å². The number of methoxy groups -OCH3 is 1. The molecule has 2 aliphatic rings. The van der Waals surface area contributed by atoms with E-state index in [1.54, 1.807) is 17.0 Å². The number of hydrazone groups is 1. The predicted octanol–water partition coefficient (Wildman–Crippen LogP) is 2.01. The lowest BCUT2D eigenvalue weighted by Crippen LogP contribution is -2.60. The van der Waals surface area contributed by atoms with Crippen LogP contribution in [0.25, 0.3) is 10.9 Å². The molecule has 1 aromatic heterocycles.